The molecule has 2 N–H and O–H groups in total. The molecule has 1 aliphatic heterocycles. The summed E-state index contributed by atoms with van der Waals surface area (Å²) in [5.41, 5.74) is 6.62. The minimum absolute atomic E-state index is 0. The highest BCUT2D eigenvalue weighted by molar-refractivity contribution is 6.30. The number of benzene rings is 1. The maximum Gasteiger partial charge on any atom is 0.253 e. The van der Waals surface area contributed by atoms with Gasteiger partial charge in [0.2, 0.25) is 0 Å². The van der Waals surface area contributed by atoms with E-state index in [0.29, 0.717) is 13.1 Å². The molecule has 0 aliphatic carbocycles. The Morgan fingerprint density at radius 2 is 2.05 bits per heavy atom. The second-order valence-electron chi connectivity index (χ2n) is 4.75. The summed E-state index contributed by atoms with van der Waals surface area (Å²) in [5.74, 6) is -0.0271. The molecule has 1 aliphatic rings. The van der Waals surface area contributed by atoms with Gasteiger partial charge in [0.1, 0.15) is 6.10 Å². The van der Waals surface area contributed by atoms with Crippen LogP contribution in [0.4, 0.5) is 5.69 Å². The molecule has 1 amide bonds. The van der Waals surface area contributed by atoms with Crippen molar-refractivity contribution in [3.63, 3.8) is 0 Å². The molecule has 0 radical (unpaired) electrons. The van der Waals surface area contributed by atoms with Crippen molar-refractivity contribution in [2.45, 2.75) is 6.10 Å². The number of hydrogen-bond acceptors (Lipinski definition) is 4. The van der Waals surface area contributed by atoms with Crippen molar-refractivity contribution in [1.82, 2.24) is 4.90 Å². The predicted octanol–water partition coefficient (Wildman–Crippen LogP) is 1.38. The Balaban J connectivity index is 0.00000220. The first-order valence-corrected chi connectivity index (χ1v) is 7.05. The van der Waals surface area contributed by atoms with Crippen molar-refractivity contribution < 1.29 is 9.53 Å². The fourth-order valence-corrected chi connectivity index (χ4v) is 2.54. The Labute approximate surface area is 136 Å². The maximum atomic E-state index is 12.1. The molecule has 1 heterocycles. The van der Waals surface area contributed by atoms with E-state index in [0.717, 1.165) is 23.8 Å². The van der Waals surface area contributed by atoms with Gasteiger partial charge in [0.25, 0.3) is 5.91 Å². The first kappa shape index (κ1) is 18.0. The van der Waals surface area contributed by atoms with E-state index in [9.17, 15) is 4.79 Å². The molecule has 0 saturated carbocycles. The monoisotopic (exact) mass is 333 g/mol. The molecule has 1 aromatic carbocycles. The zero-order valence-corrected chi connectivity index (χ0v) is 13.6. The molecule has 1 saturated heterocycles. The second kappa shape index (κ2) is 8.44. The predicted molar refractivity (Wildman–Crippen MR) is 87.3 cm³/mol. The highest BCUT2D eigenvalue weighted by atomic mass is 35.5. The van der Waals surface area contributed by atoms with Gasteiger partial charge in [0, 0.05) is 50.5 Å². The molecular weight excluding hydrogens is 313 g/mol. The van der Waals surface area contributed by atoms with E-state index in [1.807, 2.05) is 29.2 Å². The SMILES string of the molecule is COC(CN)C(=O)N1CCN(c2cccc(Cl)c2)CC1.Cl. The van der Waals surface area contributed by atoms with Gasteiger partial charge in [-0.25, -0.2) is 0 Å². The Kier molecular flexibility index (Phi) is 7.25. The highest BCUT2D eigenvalue weighted by Gasteiger charge is 2.26. The van der Waals surface area contributed by atoms with Gasteiger partial charge >= 0.3 is 0 Å². The third kappa shape index (κ3) is 4.48. The number of carbonyl (C=O) groups is 1. The normalized spacial score (nSPS) is 16.3. The fourth-order valence-electron chi connectivity index (χ4n) is 2.36. The van der Waals surface area contributed by atoms with Crippen LogP contribution in [0.1, 0.15) is 0 Å². The van der Waals surface area contributed by atoms with Crippen LogP contribution in [-0.4, -0.2) is 56.7 Å². The summed E-state index contributed by atoms with van der Waals surface area (Å²) in [6.45, 7) is 3.13. The van der Waals surface area contributed by atoms with Gasteiger partial charge in [0.15, 0.2) is 0 Å². The molecule has 0 spiro atoms. The van der Waals surface area contributed by atoms with Gasteiger partial charge in [-0.2, -0.15) is 0 Å². The van der Waals surface area contributed by atoms with E-state index in [-0.39, 0.29) is 24.9 Å². The molecule has 1 atom stereocenters. The van der Waals surface area contributed by atoms with Crippen LogP contribution < -0.4 is 10.6 Å². The quantitative estimate of drug-likeness (QED) is 0.904. The number of piperazine rings is 1. The first-order chi connectivity index (χ1) is 9.65. The summed E-state index contributed by atoms with van der Waals surface area (Å²) in [4.78, 5) is 16.2. The van der Waals surface area contributed by atoms with Crippen molar-refractivity contribution in [1.29, 1.82) is 0 Å². The van der Waals surface area contributed by atoms with Gasteiger partial charge in [-0.15, -0.1) is 12.4 Å². The van der Waals surface area contributed by atoms with Crippen LogP contribution in [0.3, 0.4) is 0 Å². The van der Waals surface area contributed by atoms with Gasteiger partial charge in [-0.3, -0.25) is 4.79 Å². The van der Waals surface area contributed by atoms with E-state index >= 15 is 0 Å². The van der Waals surface area contributed by atoms with E-state index < -0.39 is 6.10 Å². The Morgan fingerprint density at radius 3 is 2.57 bits per heavy atom. The maximum absolute atomic E-state index is 12.1. The summed E-state index contributed by atoms with van der Waals surface area (Å²) >= 11 is 6.00. The number of hydrogen-bond donors (Lipinski definition) is 1. The molecule has 0 bridgehead atoms. The van der Waals surface area contributed by atoms with Crippen molar-refractivity contribution in [3.8, 4) is 0 Å². The van der Waals surface area contributed by atoms with Crippen LogP contribution >= 0.6 is 24.0 Å². The molecule has 1 fully saturated rings. The van der Waals surface area contributed by atoms with Gasteiger partial charge in [-0.05, 0) is 18.2 Å². The first-order valence-electron chi connectivity index (χ1n) is 6.68. The van der Waals surface area contributed by atoms with Crippen molar-refractivity contribution in [2.24, 2.45) is 5.73 Å². The number of anilines is 1. The second-order valence-corrected chi connectivity index (χ2v) is 5.19. The van der Waals surface area contributed by atoms with Gasteiger partial charge in [0.05, 0.1) is 0 Å². The Bertz CT molecular complexity index is 461. The number of methoxy groups -OCH3 is 1. The summed E-state index contributed by atoms with van der Waals surface area (Å²) in [6, 6.07) is 7.76. The fraction of sp³-hybridized carbons (Fsp3) is 0.500. The van der Waals surface area contributed by atoms with Crippen LogP contribution in [-0.2, 0) is 9.53 Å². The number of carbonyl (C=O) groups excluding carboxylic acids is 1. The van der Waals surface area contributed by atoms with E-state index in [1.54, 1.807) is 0 Å². The molecular formula is C14H21Cl2N3O2. The number of rotatable bonds is 4. The van der Waals surface area contributed by atoms with Crippen molar-refractivity contribution in [2.75, 3.05) is 44.7 Å². The largest absolute Gasteiger partial charge is 0.370 e. The summed E-state index contributed by atoms with van der Waals surface area (Å²) in [5, 5.41) is 0.726. The number of halogens is 2. The number of nitrogens with zero attached hydrogens (tertiary/aromatic N) is 2. The minimum atomic E-state index is -0.535. The van der Waals surface area contributed by atoms with Crippen LogP contribution in [0.5, 0.6) is 0 Å². The molecule has 0 aromatic heterocycles. The topological polar surface area (TPSA) is 58.8 Å². The van der Waals surface area contributed by atoms with Crippen LogP contribution in [0, 0.1) is 0 Å². The molecule has 118 valence electrons. The van der Waals surface area contributed by atoms with Crippen molar-refractivity contribution in [3.05, 3.63) is 29.3 Å². The molecule has 1 unspecified atom stereocenters. The summed E-state index contributed by atoms with van der Waals surface area (Å²) < 4.78 is 5.09. The van der Waals surface area contributed by atoms with Crippen molar-refractivity contribution >= 4 is 35.6 Å². The summed E-state index contributed by atoms with van der Waals surface area (Å²) in [7, 11) is 1.51. The Morgan fingerprint density at radius 1 is 1.38 bits per heavy atom. The average molecular weight is 334 g/mol. The number of nitrogens with two attached hydrogens (primary N) is 1. The molecule has 7 heteroatoms. The lowest BCUT2D eigenvalue weighted by Gasteiger charge is -2.37. The van der Waals surface area contributed by atoms with Crippen LogP contribution in [0.25, 0.3) is 0 Å². The highest BCUT2D eigenvalue weighted by Crippen LogP contribution is 2.20. The molecule has 21 heavy (non-hydrogen) atoms. The van der Waals surface area contributed by atoms with Crippen LogP contribution in [0.2, 0.25) is 5.02 Å². The number of amides is 1. The van der Waals surface area contributed by atoms with Gasteiger partial charge < -0.3 is 20.3 Å². The lowest BCUT2D eigenvalue weighted by Crippen LogP contribution is -2.53. The Hall–Kier alpha value is -1.01. The lowest BCUT2D eigenvalue weighted by atomic mass is 10.2. The average Bonchev–Trinajstić information content (AvgIpc) is 2.48. The molecule has 1 aromatic rings. The zero-order chi connectivity index (χ0) is 14.5. The molecule has 2 rings (SSSR count). The number of ether oxygens (including phenoxy) is 1. The van der Waals surface area contributed by atoms with E-state index in [4.69, 9.17) is 22.1 Å². The van der Waals surface area contributed by atoms with Gasteiger partial charge in [-0.1, -0.05) is 17.7 Å². The van der Waals surface area contributed by atoms with E-state index in [2.05, 4.69) is 4.90 Å². The molecule has 5 nitrogen and oxygen atoms in total. The minimum Gasteiger partial charge on any atom is -0.370 e. The standard InChI is InChI=1S/C14H20ClN3O2.ClH/c1-20-13(10-16)14(19)18-7-5-17(6-8-18)12-4-2-3-11(15)9-12;/h2-4,9,13H,5-8,10,16H2,1H3;1H. The third-order valence-corrected chi connectivity index (χ3v) is 3.77. The smallest absolute Gasteiger partial charge is 0.253 e. The zero-order valence-electron chi connectivity index (χ0n) is 12.0. The summed E-state index contributed by atoms with van der Waals surface area (Å²) in [6.07, 6.45) is -0.535. The third-order valence-electron chi connectivity index (χ3n) is 3.54. The lowest BCUT2D eigenvalue weighted by molar-refractivity contribution is -0.141. The van der Waals surface area contributed by atoms with E-state index in [1.165, 1.54) is 7.11 Å². The van der Waals surface area contributed by atoms with Crippen LogP contribution in [0.15, 0.2) is 24.3 Å².